The number of rotatable bonds is 0. The fraction of sp³-hybridized carbons (Fsp3) is 0.800. The van der Waals surface area contributed by atoms with E-state index in [1.54, 1.807) is 0 Å². The minimum atomic E-state index is -0.574. The summed E-state index contributed by atoms with van der Waals surface area (Å²) in [6.45, 7) is 0. The van der Waals surface area contributed by atoms with Crippen LogP contribution in [0.5, 0.6) is 0 Å². The van der Waals surface area contributed by atoms with Gasteiger partial charge in [-0.1, -0.05) is 12.2 Å². The molecular weight excluding hydrogens is 136 g/mol. The molecule has 2 bridgehead atoms. The summed E-state index contributed by atoms with van der Waals surface area (Å²) in [4.78, 5) is 0. The zero-order chi connectivity index (χ0) is 8.34. The first-order chi connectivity index (χ1) is 5.72. The van der Waals surface area contributed by atoms with Crippen LogP contribution in [0.3, 0.4) is 0 Å². The largest absolute Gasteiger partial charge is 0.385 e. The summed E-state index contributed by atoms with van der Waals surface area (Å²) in [5, 5.41) is 10.3. The van der Waals surface area contributed by atoms with Crippen LogP contribution in [0.15, 0.2) is 12.2 Å². The van der Waals surface area contributed by atoms with Crippen LogP contribution in [0.25, 0.3) is 0 Å². The van der Waals surface area contributed by atoms with Gasteiger partial charge in [-0.05, 0) is 43.4 Å². The van der Waals surface area contributed by atoms with Gasteiger partial charge in [-0.25, -0.2) is 0 Å². The average molecular weight is 151 g/mol. The lowest BCUT2D eigenvalue weighted by Crippen LogP contribution is -2.38. The Kier molecular flexibility index (Phi) is 0.836. The van der Waals surface area contributed by atoms with Crippen molar-refractivity contribution in [2.75, 3.05) is 0 Å². The molecule has 0 saturated heterocycles. The predicted molar refractivity (Wildman–Crippen MR) is 43.0 cm³/mol. The van der Waals surface area contributed by atoms with Gasteiger partial charge >= 0.3 is 0 Å². The Bertz CT molecular complexity index is 250. The fourth-order valence-corrected chi connectivity index (χ4v) is 3.30. The SMILES string of the molecule is [2H][C@@H]1C=C[C@]2(O)[C@@H]3CC[C@@H](C3)[C@H]12. The zero-order valence-electron chi connectivity index (χ0n) is 7.53. The highest BCUT2D eigenvalue weighted by Gasteiger charge is 2.56. The van der Waals surface area contributed by atoms with Gasteiger partial charge in [-0.15, -0.1) is 0 Å². The van der Waals surface area contributed by atoms with Crippen LogP contribution in [0, 0.1) is 17.8 Å². The van der Waals surface area contributed by atoms with Crippen LogP contribution < -0.4 is 0 Å². The van der Waals surface area contributed by atoms with E-state index >= 15 is 0 Å². The summed E-state index contributed by atoms with van der Waals surface area (Å²) < 4.78 is 7.79. The lowest BCUT2D eigenvalue weighted by Gasteiger charge is -2.33. The molecule has 1 N–H and O–H groups in total. The third kappa shape index (κ3) is 0.572. The highest BCUT2D eigenvalue weighted by Crippen LogP contribution is 2.58. The van der Waals surface area contributed by atoms with Gasteiger partial charge in [-0.2, -0.15) is 0 Å². The van der Waals surface area contributed by atoms with Crippen molar-refractivity contribution in [3.05, 3.63) is 12.2 Å². The van der Waals surface area contributed by atoms with Crippen LogP contribution in [0.1, 0.15) is 27.0 Å². The highest BCUT2D eigenvalue weighted by atomic mass is 16.3. The molecule has 0 aromatic heterocycles. The second kappa shape index (κ2) is 1.71. The summed E-state index contributed by atoms with van der Waals surface area (Å²) in [7, 11) is 0. The highest BCUT2D eigenvalue weighted by molar-refractivity contribution is 5.22. The first-order valence-corrected chi connectivity index (χ1v) is 4.56. The molecule has 2 saturated carbocycles. The maximum atomic E-state index is 10.3. The van der Waals surface area contributed by atoms with Crippen molar-refractivity contribution in [1.29, 1.82) is 0 Å². The lowest BCUT2D eigenvalue weighted by atomic mass is 9.78. The maximum absolute atomic E-state index is 10.3. The first kappa shape index (κ1) is 5.36. The minimum absolute atomic E-state index is 0.134. The molecule has 0 aromatic rings. The summed E-state index contributed by atoms with van der Waals surface area (Å²) in [6, 6.07) is 0. The van der Waals surface area contributed by atoms with Gasteiger partial charge in [0.15, 0.2) is 0 Å². The van der Waals surface area contributed by atoms with Gasteiger partial charge in [-0.3, -0.25) is 0 Å². The van der Waals surface area contributed by atoms with E-state index in [0.29, 0.717) is 11.8 Å². The van der Waals surface area contributed by atoms with E-state index in [0.717, 1.165) is 0 Å². The second-order valence-electron chi connectivity index (χ2n) is 4.23. The smallest absolute Gasteiger partial charge is 0.0889 e. The molecule has 1 heteroatoms. The van der Waals surface area contributed by atoms with E-state index in [1.807, 2.05) is 12.2 Å². The summed E-state index contributed by atoms with van der Waals surface area (Å²) in [5.74, 6) is 1.34. The minimum Gasteiger partial charge on any atom is -0.385 e. The van der Waals surface area contributed by atoms with Crippen LogP contribution in [-0.2, 0) is 0 Å². The lowest BCUT2D eigenvalue weighted by molar-refractivity contribution is -0.00564. The number of aliphatic hydroxyl groups is 1. The number of allylic oxidation sites excluding steroid dienone is 1. The second-order valence-corrected chi connectivity index (χ2v) is 4.23. The van der Waals surface area contributed by atoms with Gasteiger partial charge in [0, 0.05) is 1.37 Å². The van der Waals surface area contributed by atoms with Gasteiger partial charge in [0.25, 0.3) is 0 Å². The van der Waals surface area contributed by atoms with E-state index in [9.17, 15) is 5.11 Å². The summed E-state index contributed by atoms with van der Waals surface area (Å²) in [6.07, 6.45) is 7.24. The normalized spacial score (nSPS) is 66.8. The Morgan fingerprint density at radius 1 is 1.55 bits per heavy atom. The molecular formula is C10H14O. The molecule has 60 valence electrons. The third-order valence-corrected chi connectivity index (χ3v) is 3.85. The first-order valence-electron chi connectivity index (χ1n) is 5.13. The molecule has 5 atom stereocenters. The fourth-order valence-electron chi connectivity index (χ4n) is 3.30. The summed E-state index contributed by atoms with van der Waals surface area (Å²) in [5.41, 5.74) is -0.574. The molecule has 0 amide bonds. The number of hydrogen-bond acceptors (Lipinski definition) is 1. The zero-order valence-corrected chi connectivity index (χ0v) is 6.53. The van der Waals surface area contributed by atoms with Crippen LogP contribution in [0.4, 0.5) is 0 Å². The van der Waals surface area contributed by atoms with Crippen molar-refractivity contribution in [3.8, 4) is 0 Å². The molecule has 3 rings (SSSR count). The van der Waals surface area contributed by atoms with E-state index in [-0.39, 0.29) is 12.3 Å². The van der Waals surface area contributed by atoms with Gasteiger partial charge in [0.1, 0.15) is 0 Å². The van der Waals surface area contributed by atoms with Crippen LogP contribution in [-0.4, -0.2) is 10.7 Å². The Morgan fingerprint density at radius 2 is 2.45 bits per heavy atom. The van der Waals surface area contributed by atoms with Gasteiger partial charge in [0.05, 0.1) is 5.60 Å². The van der Waals surface area contributed by atoms with Crippen LogP contribution >= 0.6 is 0 Å². The molecule has 3 aliphatic rings. The standard InChI is InChI=1S/C10H14O/c11-10-5-1-2-9(10)7-3-4-8(10)6-7/h1,5,7-9,11H,2-4,6H2/t7-,8+,9-,10-/m0/s1/i2D/t2-,7+,8-,9+,10+/m1. The molecule has 3 aliphatic carbocycles. The number of hydrogen-bond donors (Lipinski definition) is 1. The third-order valence-electron chi connectivity index (χ3n) is 3.85. The van der Waals surface area contributed by atoms with Crippen molar-refractivity contribution in [3.63, 3.8) is 0 Å². The van der Waals surface area contributed by atoms with Crippen molar-refractivity contribution < 1.29 is 6.48 Å². The van der Waals surface area contributed by atoms with E-state index in [2.05, 4.69) is 0 Å². The molecule has 11 heavy (non-hydrogen) atoms. The molecule has 0 radical (unpaired) electrons. The van der Waals surface area contributed by atoms with Crippen molar-refractivity contribution >= 4 is 0 Å². The quantitative estimate of drug-likeness (QED) is 0.523. The van der Waals surface area contributed by atoms with Gasteiger partial charge < -0.3 is 5.11 Å². The summed E-state index contributed by atoms with van der Waals surface area (Å²) >= 11 is 0. The monoisotopic (exact) mass is 151 g/mol. The van der Waals surface area contributed by atoms with Crippen molar-refractivity contribution in [2.24, 2.45) is 17.8 Å². The maximum Gasteiger partial charge on any atom is 0.0889 e. The molecule has 0 aromatic carbocycles. The van der Waals surface area contributed by atoms with Crippen molar-refractivity contribution in [2.45, 2.75) is 31.3 Å². The molecule has 0 heterocycles. The van der Waals surface area contributed by atoms with E-state index < -0.39 is 5.60 Å². The van der Waals surface area contributed by atoms with E-state index in [1.165, 1.54) is 19.3 Å². The van der Waals surface area contributed by atoms with Gasteiger partial charge in [0.2, 0.25) is 0 Å². The molecule has 2 fully saturated rings. The van der Waals surface area contributed by atoms with Crippen molar-refractivity contribution in [1.82, 2.24) is 0 Å². The number of fused-ring (bicyclic) bond motifs is 5. The predicted octanol–water partition coefficient (Wildman–Crippen LogP) is 1.72. The molecule has 1 nitrogen and oxygen atoms in total. The van der Waals surface area contributed by atoms with Crippen LogP contribution in [0.2, 0.25) is 0 Å². The average Bonchev–Trinajstić information content (AvgIpc) is 2.63. The molecule has 0 unspecified atom stereocenters. The molecule has 0 spiro atoms. The molecule has 0 aliphatic heterocycles. The Hall–Kier alpha value is -0.300. The Morgan fingerprint density at radius 3 is 3.27 bits per heavy atom. The topological polar surface area (TPSA) is 20.2 Å². The van der Waals surface area contributed by atoms with E-state index in [4.69, 9.17) is 1.37 Å². The Balaban J connectivity index is 2.04. The Labute approximate surface area is 68.5 Å².